The Bertz CT molecular complexity index is 1220. The summed E-state index contributed by atoms with van der Waals surface area (Å²) in [4.78, 5) is 9.30. The van der Waals surface area contributed by atoms with E-state index in [0.29, 0.717) is 48.5 Å². The van der Waals surface area contributed by atoms with E-state index in [-0.39, 0.29) is 4.90 Å². The molecule has 32 heavy (non-hydrogen) atoms. The number of fused-ring (bicyclic) bond motifs is 4. The number of hydrogen-bond acceptors (Lipinski definition) is 8. The maximum atomic E-state index is 12.5. The molecule has 1 aliphatic rings. The van der Waals surface area contributed by atoms with Crippen molar-refractivity contribution in [1.29, 1.82) is 0 Å². The Kier molecular flexibility index (Phi) is 6.42. The Hall–Kier alpha value is -3.37. The molecule has 0 spiro atoms. The highest BCUT2D eigenvalue weighted by Gasteiger charge is 2.17. The number of methoxy groups -OCH3 is 2. The zero-order valence-electron chi connectivity index (χ0n) is 17.9. The van der Waals surface area contributed by atoms with Crippen LogP contribution in [0.1, 0.15) is 12.8 Å². The SMILES string of the molecule is COc1ccc(-c2cnc3nc2NCCCCNS(=O)(=O)c2cccc(c2)N3)c(OC)c1. The molecular weight excluding hydrogens is 430 g/mol. The van der Waals surface area contributed by atoms with Crippen molar-refractivity contribution >= 4 is 27.5 Å². The number of hydrogen-bond donors (Lipinski definition) is 3. The summed E-state index contributed by atoms with van der Waals surface area (Å²) in [6, 6.07) is 12.1. The van der Waals surface area contributed by atoms with E-state index in [9.17, 15) is 8.42 Å². The van der Waals surface area contributed by atoms with E-state index in [0.717, 1.165) is 17.5 Å². The van der Waals surface area contributed by atoms with Gasteiger partial charge in [0, 0.05) is 42.2 Å². The van der Waals surface area contributed by atoms with Crippen LogP contribution in [-0.4, -0.2) is 45.7 Å². The Balaban J connectivity index is 1.75. The number of rotatable bonds is 3. The van der Waals surface area contributed by atoms with Crippen molar-refractivity contribution in [2.75, 3.05) is 37.9 Å². The molecule has 0 atom stereocenters. The molecule has 3 N–H and O–H groups in total. The Morgan fingerprint density at radius 1 is 0.969 bits per heavy atom. The quantitative estimate of drug-likeness (QED) is 0.551. The molecule has 168 valence electrons. The van der Waals surface area contributed by atoms with Gasteiger partial charge < -0.3 is 20.1 Å². The molecule has 4 rings (SSSR count). The van der Waals surface area contributed by atoms with Gasteiger partial charge in [0.05, 0.1) is 19.1 Å². The number of anilines is 3. The topological polar surface area (TPSA) is 114 Å². The van der Waals surface area contributed by atoms with Gasteiger partial charge in [-0.15, -0.1) is 0 Å². The van der Waals surface area contributed by atoms with E-state index >= 15 is 0 Å². The first-order valence-corrected chi connectivity index (χ1v) is 11.7. The monoisotopic (exact) mass is 455 g/mol. The normalized spacial score (nSPS) is 15.6. The molecule has 4 bridgehead atoms. The third-order valence-corrected chi connectivity index (χ3v) is 6.53. The van der Waals surface area contributed by atoms with Crippen LogP contribution in [-0.2, 0) is 10.0 Å². The van der Waals surface area contributed by atoms with Gasteiger partial charge in [-0.2, -0.15) is 4.98 Å². The lowest BCUT2D eigenvalue weighted by Crippen LogP contribution is -2.25. The molecule has 0 aliphatic carbocycles. The summed E-state index contributed by atoms with van der Waals surface area (Å²) >= 11 is 0. The number of aromatic nitrogens is 2. The lowest BCUT2D eigenvalue weighted by atomic mass is 10.1. The van der Waals surface area contributed by atoms with Crippen molar-refractivity contribution in [2.45, 2.75) is 17.7 Å². The van der Waals surface area contributed by atoms with Gasteiger partial charge in [-0.1, -0.05) is 6.07 Å². The van der Waals surface area contributed by atoms with Crippen molar-refractivity contribution in [2.24, 2.45) is 0 Å². The Labute approximate surface area is 187 Å². The molecule has 10 heteroatoms. The molecule has 0 fully saturated rings. The van der Waals surface area contributed by atoms with E-state index in [4.69, 9.17) is 9.47 Å². The highest BCUT2D eigenvalue weighted by molar-refractivity contribution is 7.89. The van der Waals surface area contributed by atoms with Crippen LogP contribution in [0.25, 0.3) is 11.1 Å². The Morgan fingerprint density at radius 3 is 2.62 bits per heavy atom. The van der Waals surface area contributed by atoms with E-state index < -0.39 is 10.0 Å². The van der Waals surface area contributed by atoms with Crippen LogP contribution in [0.3, 0.4) is 0 Å². The van der Waals surface area contributed by atoms with E-state index in [1.807, 2.05) is 18.2 Å². The minimum atomic E-state index is -3.57. The summed E-state index contributed by atoms with van der Waals surface area (Å²) in [7, 11) is -0.360. The van der Waals surface area contributed by atoms with Gasteiger partial charge >= 0.3 is 0 Å². The fraction of sp³-hybridized carbons (Fsp3) is 0.273. The number of sulfonamides is 1. The molecule has 0 radical (unpaired) electrons. The first-order valence-electron chi connectivity index (χ1n) is 10.2. The molecule has 0 saturated heterocycles. The molecule has 0 amide bonds. The zero-order valence-corrected chi connectivity index (χ0v) is 18.7. The molecule has 9 nitrogen and oxygen atoms in total. The third kappa shape index (κ3) is 4.76. The van der Waals surface area contributed by atoms with Gasteiger partial charge in [-0.05, 0) is 43.2 Å². The molecular formula is C22H25N5O4S. The van der Waals surface area contributed by atoms with Gasteiger partial charge in [-0.25, -0.2) is 18.1 Å². The average Bonchev–Trinajstić information content (AvgIpc) is 2.81. The predicted octanol–water partition coefficient (Wildman–Crippen LogP) is 3.39. The summed E-state index contributed by atoms with van der Waals surface area (Å²) in [5.74, 6) is 2.34. The van der Waals surface area contributed by atoms with Gasteiger partial charge in [-0.3, -0.25) is 0 Å². The van der Waals surface area contributed by atoms with Crippen LogP contribution in [0.15, 0.2) is 53.6 Å². The van der Waals surface area contributed by atoms with Crippen molar-refractivity contribution in [3.8, 4) is 22.6 Å². The standard InChI is InChI=1S/C22H25N5O4S/c1-30-16-8-9-18(20(13-16)31-2)19-14-24-22-26-15-6-5-7-17(12-15)32(28,29)25-11-4-3-10-23-21(19)27-22/h5-9,12-14,25H,3-4,10-11H2,1-2H3,(H2,23,24,26,27). The highest BCUT2D eigenvalue weighted by Crippen LogP contribution is 2.37. The lowest BCUT2D eigenvalue weighted by Gasteiger charge is -2.16. The van der Waals surface area contributed by atoms with Gasteiger partial charge in [0.2, 0.25) is 16.0 Å². The molecule has 3 aromatic rings. The molecule has 1 aliphatic heterocycles. The fourth-order valence-electron chi connectivity index (χ4n) is 3.41. The van der Waals surface area contributed by atoms with Gasteiger partial charge in [0.1, 0.15) is 17.3 Å². The van der Waals surface area contributed by atoms with Gasteiger partial charge in [0.15, 0.2) is 0 Å². The number of ether oxygens (including phenoxy) is 2. The Morgan fingerprint density at radius 2 is 1.81 bits per heavy atom. The minimum absolute atomic E-state index is 0.192. The zero-order chi connectivity index (χ0) is 22.6. The summed E-state index contributed by atoms with van der Waals surface area (Å²) in [5, 5.41) is 6.45. The first-order chi connectivity index (χ1) is 15.5. The molecule has 0 saturated carbocycles. The third-order valence-electron chi connectivity index (χ3n) is 5.08. The summed E-state index contributed by atoms with van der Waals surface area (Å²) < 4.78 is 38.5. The van der Waals surface area contributed by atoms with Gasteiger partial charge in [0.25, 0.3) is 0 Å². The molecule has 2 heterocycles. The number of benzene rings is 2. The van der Waals surface area contributed by atoms with Crippen LogP contribution in [0.2, 0.25) is 0 Å². The highest BCUT2D eigenvalue weighted by atomic mass is 32.2. The minimum Gasteiger partial charge on any atom is -0.497 e. The second-order valence-corrected chi connectivity index (χ2v) is 8.97. The van der Waals surface area contributed by atoms with Crippen LogP contribution in [0, 0.1) is 0 Å². The maximum absolute atomic E-state index is 12.5. The largest absolute Gasteiger partial charge is 0.497 e. The second kappa shape index (κ2) is 9.41. The summed E-state index contributed by atoms with van der Waals surface area (Å²) in [6.07, 6.45) is 3.16. The van der Waals surface area contributed by atoms with Crippen molar-refractivity contribution in [1.82, 2.24) is 14.7 Å². The molecule has 0 unspecified atom stereocenters. The van der Waals surface area contributed by atoms with E-state index in [1.165, 1.54) is 0 Å². The van der Waals surface area contributed by atoms with Crippen LogP contribution < -0.4 is 24.8 Å². The molecule has 1 aromatic heterocycles. The predicted molar refractivity (Wildman–Crippen MR) is 123 cm³/mol. The summed E-state index contributed by atoms with van der Waals surface area (Å²) in [5.41, 5.74) is 2.19. The van der Waals surface area contributed by atoms with E-state index in [2.05, 4.69) is 25.3 Å². The maximum Gasteiger partial charge on any atom is 0.240 e. The van der Waals surface area contributed by atoms with Crippen LogP contribution in [0.4, 0.5) is 17.5 Å². The first kappa shape index (κ1) is 21.8. The fourth-order valence-corrected chi connectivity index (χ4v) is 4.53. The van der Waals surface area contributed by atoms with Crippen LogP contribution in [0.5, 0.6) is 11.5 Å². The average molecular weight is 456 g/mol. The lowest BCUT2D eigenvalue weighted by molar-refractivity contribution is 0.395. The van der Waals surface area contributed by atoms with Crippen LogP contribution >= 0.6 is 0 Å². The number of nitrogens with one attached hydrogen (secondary N) is 3. The molecule has 2 aromatic carbocycles. The smallest absolute Gasteiger partial charge is 0.240 e. The van der Waals surface area contributed by atoms with Crippen molar-refractivity contribution in [3.05, 3.63) is 48.7 Å². The van der Waals surface area contributed by atoms with Crippen molar-refractivity contribution in [3.63, 3.8) is 0 Å². The van der Waals surface area contributed by atoms with Crippen molar-refractivity contribution < 1.29 is 17.9 Å². The van der Waals surface area contributed by atoms with E-state index in [1.54, 1.807) is 44.7 Å². The number of nitrogens with zero attached hydrogens (tertiary/aromatic N) is 2. The summed E-state index contributed by atoms with van der Waals surface area (Å²) in [6.45, 7) is 0.977. The second-order valence-electron chi connectivity index (χ2n) is 7.21.